The summed E-state index contributed by atoms with van der Waals surface area (Å²) in [5.74, 6) is -1.51. The number of hydrogen-bond acceptors (Lipinski definition) is 5. The molecule has 0 spiro atoms. The summed E-state index contributed by atoms with van der Waals surface area (Å²) in [5, 5.41) is 13.3. The third-order valence-electron chi connectivity index (χ3n) is 6.59. The van der Waals surface area contributed by atoms with Gasteiger partial charge >= 0.3 is 0 Å². The number of fused-ring (bicyclic) bond motifs is 1. The van der Waals surface area contributed by atoms with Gasteiger partial charge < -0.3 is 19.5 Å². The third-order valence-corrected chi connectivity index (χ3v) is 6.59. The van der Waals surface area contributed by atoms with Crippen LogP contribution in [0.2, 0.25) is 0 Å². The van der Waals surface area contributed by atoms with Crippen LogP contribution in [0.1, 0.15) is 22.7 Å². The van der Waals surface area contributed by atoms with Crippen molar-refractivity contribution in [3.8, 4) is 5.75 Å². The fourth-order valence-corrected chi connectivity index (χ4v) is 4.66. The van der Waals surface area contributed by atoms with Gasteiger partial charge in [0.15, 0.2) is 0 Å². The Balaban J connectivity index is 1.54. The van der Waals surface area contributed by atoms with E-state index in [0.29, 0.717) is 16.9 Å². The number of ether oxygens (including phenoxy) is 2. The SMILES string of the molecule is COCCN1C(=O)C(=O)/C(=C(\O)c2ccc3ccccc3c2)C1c1cccc(OCc2ccc(F)cc2)c1. The minimum absolute atomic E-state index is 0.0112. The molecule has 5 rings (SSSR count). The number of halogens is 1. The molecule has 0 aliphatic carbocycles. The van der Waals surface area contributed by atoms with Gasteiger partial charge in [-0.15, -0.1) is 0 Å². The van der Waals surface area contributed by atoms with Gasteiger partial charge in [-0.3, -0.25) is 9.59 Å². The summed E-state index contributed by atoms with van der Waals surface area (Å²) in [7, 11) is 1.52. The number of benzene rings is 4. The first-order valence-electron chi connectivity index (χ1n) is 12.2. The summed E-state index contributed by atoms with van der Waals surface area (Å²) in [6.45, 7) is 0.603. The highest BCUT2D eigenvalue weighted by atomic mass is 19.1. The van der Waals surface area contributed by atoms with Crippen molar-refractivity contribution in [1.82, 2.24) is 4.90 Å². The van der Waals surface area contributed by atoms with Gasteiger partial charge in [0.25, 0.3) is 11.7 Å². The van der Waals surface area contributed by atoms with Crippen LogP contribution in [0.4, 0.5) is 4.39 Å². The van der Waals surface area contributed by atoms with Gasteiger partial charge in [0.2, 0.25) is 0 Å². The molecule has 1 fully saturated rings. The van der Waals surface area contributed by atoms with Gasteiger partial charge in [0, 0.05) is 19.2 Å². The Hall–Kier alpha value is -4.49. The van der Waals surface area contributed by atoms with Crippen molar-refractivity contribution in [1.29, 1.82) is 0 Å². The van der Waals surface area contributed by atoms with E-state index in [9.17, 15) is 19.1 Å². The van der Waals surface area contributed by atoms with E-state index in [1.54, 1.807) is 48.5 Å². The zero-order chi connectivity index (χ0) is 26.6. The van der Waals surface area contributed by atoms with Crippen LogP contribution in [0.5, 0.6) is 5.75 Å². The van der Waals surface area contributed by atoms with Crippen LogP contribution in [0.3, 0.4) is 0 Å². The van der Waals surface area contributed by atoms with Crippen molar-refractivity contribution in [3.63, 3.8) is 0 Å². The van der Waals surface area contributed by atoms with Crippen LogP contribution in [0.25, 0.3) is 16.5 Å². The molecule has 7 heteroatoms. The fourth-order valence-electron chi connectivity index (χ4n) is 4.66. The normalized spacial score (nSPS) is 16.8. The van der Waals surface area contributed by atoms with E-state index >= 15 is 0 Å². The molecule has 192 valence electrons. The molecular weight excluding hydrogens is 485 g/mol. The lowest BCUT2D eigenvalue weighted by Crippen LogP contribution is -2.32. The summed E-state index contributed by atoms with van der Waals surface area (Å²) in [6.07, 6.45) is 0. The molecule has 4 aromatic carbocycles. The fraction of sp³-hybridized carbons (Fsp3) is 0.161. The second-order valence-electron chi connectivity index (χ2n) is 9.03. The van der Waals surface area contributed by atoms with Crippen LogP contribution < -0.4 is 4.74 Å². The topological polar surface area (TPSA) is 76.1 Å². The highest BCUT2D eigenvalue weighted by Gasteiger charge is 2.46. The Morgan fingerprint density at radius 1 is 0.921 bits per heavy atom. The molecule has 0 radical (unpaired) electrons. The second kappa shape index (κ2) is 10.9. The lowest BCUT2D eigenvalue weighted by atomic mass is 9.94. The standard InChI is InChI=1S/C31H26FNO5/c1-37-16-15-33-28(23-7-4-8-26(18-23)38-19-20-9-13-25(32)14-10-20)27(30(35)31(33)36)29(34)24-12-11-21-5-2-3-6-22(21)17-24/h2-14,17-18,28,34H,15-16,19H2,1H3/b29-27-. The molecule has 0 aromatic heterocycles. The van der Waals surface area contributed by atoms with E-state index in [4.69, 9.17) is 9.47 Å². The van der Waals surface area contributed by atoms with Crippen LogP contribution in [-0.4, -0.2) is 42.0 Å². The Labute approximate surface area is 219 Å². The number of carbonyl (C=O) groups is 2. The molecule has 0 saturated carbocycles. The molecule has 1 N–H and O–H groups in total. The number of rotatable bonds is 8. The highest BCUT2D eigenvalue weighted by molar-refractivity contribution is 6.46. The van der Waals surface area contributed by atoms with Crippen LogP contribution in [-0.2, 0) is 20.9 Å². The van der Waals surface area contributed by atoms with Gasteiger partial charge in [-0.1, -0.05) is 60.7 Å². The van der Waals surface area contributed by atoms with Crippen LogP contribution in [0.15, 0.2) is 96.6 Å². The molecule has 1 amide bonds. The minimum Gasteiger partial charge on any atom is -0.507 e. The van der Waals surface area contributed by atoms with E-state index in [-0.39, 0.29) is 36.9 Å². The number of amides is 1. The molecule has 1 saturated heterocycles. The Bertz CT molecular complexity index is 1530. The summed E-state index contributed by atoms with van der Waals surface area (Å²) in [5.41, 5.74) is 1.86. The molecule has 6 nitrogen and oxygen atoms in total. The van der Waals surface area contributed by atoms with Gasteiger partial charge in [-0.2, -0.15) is 0 Å². The summed E-state index contributed by atoms with van der Waals surface area (Å²) in [6, 6.07) is 25.3. The largest absolute Gasteiger partial charge is 0.507 e. The molecule has 1 heterocycles. The molecule has 1 unspecified atom stereocenters. The van der Waals surface area contributed by atoms with Crippen molar-refractivity contribution in [2.75, 3.05) is 20.3 Å². The minimum atomic E-state index is -0.828. The number of ketones is 1. The number of carbonyl (C=O) groups excluding carboxylic acids is 2. The zero-order valence-electron chi connectivity index (χ0n) is 20.8. The molecule has 1 aliphatic rings. The van der Waals surface area contributed by atoms with Crippen molar-refractivity contribution in [2.45, 2.75) is 12.6 Å². The Kier molecular flexibility index (Phi) is 7.20. The maximum absolute atomic E-state index is 13.3. The van der Waals surface area contributed by atoms with Crippen molar-refractivity contribution >= 4 is 28.2 Å². The van der Waals surface area contributed by atoms with Crippen LogP contribution in [0, 0.1) is 5.82 Å². The predicted molar refractivity (Wildman–Crippen MR) is 142 cm³/mol. The van der Waals surface area contributed by atoms with Crippen LogP contribution >= 0.6 is 0 Å². The van der Waals surface area contributed by atoms with E-state index in [2.05, 4.69) is 0 Å². The number of Topliss-reactive ketones (excluding diaryl/α,β-unsaturated/α-hetero) is 1. The second-order valence-corrected chi connectivity index (χ2v) is 9.03. The Morgan fingerprint density at radius 3 is 2.45 bits per heavy atom. The maximum Gasteiger partial charge on any atom is 0.295 e. The summed E-state index contributed by atoms with van der Waals surface area (Å²) >= 11 is 0. The number of methoxy groups -OCH3 is 1. The van der Waals surface area contributed by atoms with Gasteiger partial charge in [-0.25, -0.2) is 4.39 Å². The van der Waals surface area contributed by atoms with E-state index < -0.39 is 17.7 Å². The van der Waals surface area contributed by atoms with Gasteiger partial charge in [0.1, 0.15) is 23.9 Å². The van der Waals surface area contributed by atoms with E-state index in [0.717, 1.165) is 16.3 Å². The first-order valence-corrected chi connectivity index (χ1v) is 12.2. The lowest BCUT2D eigenvalue weighted by Gasteiger charge is -2.25. The first kappa shape index (κ1) is 25.2. The average Bonchev–Trinajstić information content (AvgIpc) is 3.20. The number of hydrogen-bond donors (Lipinski definition) is 1. The molecule has 0 bridgehead atoms. The monoisotopic (exact) mass is 511 g/mol. The van der Waals surface area contributed by atoms with Crippen molar-refractivity contribution < 1.29 is 28.6 Å². The number of aliphatic hydroxyl groups excluding tert-OH is 1. The molecular formula is C31H26FNO5. The summed E-state index contributed by atoms with van der Waals surface area (Å²) < 4.78 is 24.3. The van der Waals surface area contributed by atoms with E-state index in [1.807, 2.05) is 30.3 Å². The Morgan fingerprint density at radius 2 is 1.68 bits per heavy atom. The quantitative estimate of drug-likeness (QED) is 0.189. The third kappa shape index (κ3) is 5.01. The number of aliphatic hydroxyl groups is 1. The molecule has 1 atom stereocenters. The van der Waals surface area contributed by atoms with Gasteiger partial charge in [-0.05, 0) is 52.2 Å². The molecule has 1 aliphatic heterocycles. The van der Waals surface area contributed by atoms with Gasteiger partial charge in [0.05, 0.1) is 18.2 Å². The van der Waals surface area contributed by atoms with E-state index in [1.165, 1.54) is 24.1 Å². The highest BCUT2D eigenvalue weighted by Crippen LogP contribution is 2.40. The number of nitrogens with zero attached hydrogens (tertiary/aromatic N) is 1. The van der Waals surface area contributed by atoms with Crippen molar-refractivity contribution in [3.05, 3.63) is 119 Å². The first-order chi connectivity index (χ1) is 18.5. The predicted octanol–water partition coefficient (Wildman–Crippen LogP) is 5.63. The molecule has 38 heavy (non-hydrogen) atoms. The smallest absolute Gasteiger partial charge is 0.295 e. The molecule has 4 aromatic rings. The summed E-state index contributed by atoms with van der Waals surface area (Å²) in [4.78, 5) is 27.8. The average molecular weight is 512 g/mol. The zero-order valence-corrected chi connectivity index (χ0v) is 20.8. The number of likely N-dealkylation sites (tertiary alicyclic amines) is 1. The lowest BCUT2D eigenvalue weighted by molar-refractivity contribution is -0.140. The van der Waals surface area contributed by atoms with Crippen molar-refractivity contribution in [2.24, 2.45) is 0 Å². The maximum atomic E-state index is 13.3.